The highest BCUT2D eigenvalue weighted by atomic mass is 16.2. The third-order valence-electron chi connectivity index (χ3n) is 4.23. The van der Waals surface area contributed by atoms with E-state index in [9.17, 15) is 9.59 Å². The van der Waals surface area contributed by atoms with Crippen LogP contribution in [0.5, 0.6) is 0 Å². The molecule has 0 spiro atoms. The molecule has 1 amide bonds. The van der Waals surface area contributed by atoms with Crippen LogP contribution in [-0.2, 0) is 9.59 Å². The van der Waals surface area contributed by atoms with Crippen molar-refractivity contribution in [3.63, 3.8) is 0 Å². The molecule has 0 rings (SSSR count). The summed E-state index contributed by atoms with van der Waals surface area (Å²) >= 11 is 0. The Morgan fingerprint density at radius 3 is 2.08 bits per heavy atom. The van der Waals surface area contributed by atoms with Crippen molar-refractivity contribution in [2.24, 2.45) is 5.10 Å². The van der Waals surface area contributed by atoms with Gasteiger partial charge in [0.25, 0.3) is 0 Å². The molecule has 0 aromatic heterocycles. The minimum Gasteiger partial charge on any atom is -0.346 e. The highest BCUT2D eigenvalue weighted by Crippen LogP contribution is 2.10. The quantitative estimate of drug-likeness (QED) is 0.239. The van der Waals surface area contributed by atoms with Gasteiger partial charge in [0.2, 0.25) is 5.91 Å². The monoisotopic (exact) mass is 339 g/mol. The summed E-state index contributed by atoms with van der Waals surface area (Å²) in [5.74, 6) is 0.00921. The molecule has 0 heterocycles. The predicted octanol–water partition coefficient (Wildman–Crippen LogP) is 3.97. The normalized spacial score (nSPS) is 11.8. The third kappa shape index (κ3) is 14.2. The summed E-state index contributed by atoms with van der Waals surface area (Å²) in [6, 6.07) is -0.373. The van der Waals surface area contributed by atoms with E-state index in [2.05, 4.69) is 29.5 Å². The molecule has 0 aliphatic carbocycles. The molecule has 0 aliphatic heterocycles. The zero-order valence-corrected chi connectivity index (χ0v) is 15.7. The Kier molecular flexibility index (Phi) is 15.5. The molecule has 0 saturated heterocycles. The number of nitrogens with zero attached hydrogens (tertiary/aromatic N) is 1. The molecule has 2 N–H and O–H groups in total. The van der Waals surface area contributed by atoms with Crippen molar-refractivity contribution in [1.29, 1.82) is 0 Å². The van der Waals surface area contributed by atoms with Crippen LogP contribution < -0.4 is 10.7 Å². The first-order chi connectivity index (χ1) is 11.6. The molecular weight excluding hydrogens is 302 g/mol. The molecule has 1 unspecified atom stereocenters. The fourth-order valence-corrected chi connectivity index (χ4v) is 2.70. The van der Waals surface area contributed by atoms with E-state index in [0.717, 1.165) is 19.3 Å². The van der Waals surface area contributed by atoms with Crippen molar-refractivity contribution >= 4 is 18.4 Å². The predicted molar refractivity (Wildman–Crippen MR) is 101 cm³/mol. The van der Waals surface area contributed by atoms with Gasteiger partial charge >= 0.3 is 0 Å². The standard InChI is InChI=1S/C19H37N3O2/c1-4-5-6-7-8-9-10-11-12-15-19(24)22-18(17(2)23)14-13-16-21-20-3/h18,21H,3-16H2,1-2H3,(H,22,24). The maximum Gasteiger partial charge on any atom is 0.220 e. The van der Waals surface area contributed by atoms with Gasteiger partial charge in [-0.2, -0.15) is 5.10 Å². The molecule has 5 nitrogen and oxygen atoms in total. The second-order valence-corrected chi connectivity index (χ2v) is 6.52. The van der Waals surface area contributed by atoms with Gasteiger partial charge in [0.1, 0.15) is 0 Å². The van der Waals surface area contributed by atoms with E-state index < -0.39 is 0 Å². The molecule has 0 aromatic carbocycles. The van der Waals surface area contributed by atoms with Gasteiger partial charge in [-0.05, 0) is 26.2 Å². The van der Waals surface area contributed by atoms with Crippen LogP contribution in [0.2, 0.25) is 0 Å². The van der Waals surface area contributed by atoms with E-state index >= 15 is 0 Å². The van der Waals surface area contributed by atoms with Gasteiger partial charge in [0.15, 0.2) is 5.78 Å². The second kappa shape index (κ2) is 16.5. The van der Waals surface area contributed by atoms with Crippen LogP contribution in [0.1, 0.15) is 90.9 Å². The van der Waals surface area contributed by atoms with Gasteiger partial charge in [0, 0.05) is 19.7 Å². The minimum absolute atomic E-state index is 0.00653. The number of carbonyl (C=O) groups excluding carboxylic acids is 2. The van der Waals surface area contributed by atoms with Crippen molar-refractivity contribution in [2.75, 3.05) is 6.54 Å². The zero-order chi connectivity index (χ0) is 18.0. The number of nitrogens with one attached hydrogen (secondary N) is 2. The van der Waals surface area contributed by atoms with E-state index in [0.29, 0.717) is 19.4 Å². The van der Waals surface area contributed by atoms with Gasteiger partial charge in [-0.25, -0.2) is 0 Å². The van der Waals surface area contributed by atoms with E-state index in [1.807, 2.05) is 0 Å². The minimum atomic E-state index is -0.373. The first kappa shape index (κ1) is 22.6. The van der Waals surface area contributed by atoms with E-state index in [4.69, 9.17) is 0 Å². The number of Topliss-reactive ketones (excluding diaryl/α,β-unsaturated/α-hetero) is 1. The lowest BCUT2D eigenvalue weighted by Gasteiger charge is -2.15. The Labute approximate surface area is 148 Å². The van der Waals surface area contributed by atoms with Gasteiger partial charge < -0.3 is 10.7 Å². The summed E-state index contributed by atoms with van der Waals surface area (Å²) in [6.45, 7) is 7.77. The molecule has 0 fully saturated rings. The molecule has 1 atom stereocenters. The van der Waals surface area contributed by atoms with Crippen LogP contribution >= 0.6 is 0 Å². The van der Waals surface area contributed by atoms with Gasteiger partial charge in [0.05, 0.1) is 6.04 Å². The summed E-state index contributed by atoms with van der Waals surface area (Å²) in [5, 5.41) is 6.41. The van der Waals surface area contributed by atoms with Gasteiger partial charge in [-0.15, -0.1) is 0 Å². The topological polar surface area (TPSA) is 70.6 Å². The summed E-state index contributed by atoms with van der Waals surface area (Å²) in [7, 11) is 0. The number of ketones is 1. The molecule has 0 saturated carbocycles. The smallest absolute Gasteiger partial charge is 0.220 e. The van der Waals surface area contributed by atoms with Crippen LogP contribution in [0, 0.1) is 0 Å². The number of amides is 1. The fraction of sp³-hybridized carbons (Fsp3) is 0.842. The average molecular weight is 340 g/mol. The van der Waals surface area contributed by atoms with E-state index in [1.165, 1.54) is 51.9 Å². The number of hydrogen-bond acceptors (Lipinski definition) is 4. The molecule has 24 heavy (non-hydrogen) atoms. The van der Waals surface area contributed by atoms with Crippen molar-refractivity contribution < 1.29 is 9.59 Å². The lowest BCUT2D eigenvalue weighted by atomic mass is 10.1. The Balaban J connectivity index is 3.66. The molecular formula is C19H37N3O2. The molecule has 0 radical (unpaired) electrons. The molecule has 0 bridgehead atoms. The third-order valence-corrected chi connectivity index (χ3v) is 4.23. The summed E-state index contributed by atoms with van der Waals surface area (Å²) in [6.07, 6.45) is 13.1. The van der Waals surface area contributed by atoms with E-state index in [-0.39, 0.29) is 17.7 Å². The van der Waals surface area contributed by atoms with Crippen LogP contribution in [0.25, 0.3) is 0 Å². The maximum atomic E-state index is 11.9. The fourth-order valence-electron chi connectivity index (χ4n) is 2.70. The number of hydrazone groups is 1. The van der Waals surface area contributed by atoms with Crippen LogP contribution in [-0.4, -0.2) is 31.0 Å². The average Bonchev–Trinajstić information content (AvgIpc) is 2.56. The zero-order valence-electron chi connectivity index (χ0n) is 15.7. The first-order valence-corrected chi connectivity index (χ1v) is 9.60. The van der Waals surface area contributed by atoms with E-state index in [1.54, 1.807) is 0 Å². The first-order valence-electron chi connectivity index (χ1n) is 9.60. The number of carbonyl (C=O) groups is 2. The van der Waals surface area contributed by atoms with Crippen molar-refractivity contribution in [2.45, 2.75) is 96.9 Å². The van der Waals surface area contributed by atoms with Crippen LogP contribution in [0.15, 0.2) is 5.10 Å². The SMILES string of the molecule is C=NNCCCC(NC(=O)CCCCCCCCCCC)C(C)=O. The Bertz CT molecular complexity index is 346. The van der Waals surface area contributed by atoms with Gasteiger partial charge in [-0.3, -0.25) is 9.59 Å². The maximum absolute atomic E-state index is 11.9. The van der Waals surface area contributed by atoms with Crippen molar-refractivity contribution in [1.82, 2.24) is 10.7 Å². The molecule has 0 aliphatic rings. The Morgan fingerprint density at radius 2 is 1.54 bits per heavy atom. The molecule has 5 heteroatoms. The molecule has 0 aromatic rings. The molecule has 140 valence electrons. The lowest BCUT2D eigenvalue weighted by Crippen LogP contribution is -2.40. The summed E-state index contributed by atoms with van der Waals surface area (Å²) in [5.41, 5.74) is 2.76. The van der Waals surface area contributed by atoms with Crippen molar-refractivity contribution in [3.05, 3.63) is 0 Å². The number of unbranched alkanes of at least 4 members (excludes halogenated alkanes) is 8. The lowest BCUT2D eigenvalue weighted by molar-refractivity contribution is -0.127. The largest absolute Gasteiger partial charge is 0.346 e. The summed E-state index contributed by atoms with van der Waals surface area (Å²) in [4.78, 5) is 23.5. The summed E-state index contributed by atoms with van der Waals surface area (Å²) < 4.78 is 0. The highest BCUT2D eigenvalue weighted by Gasteiger charge is 2.16. The Morgan fingerprint density at radius 1 is 0.958 bits per heavy atom. The van der Waals surface area contributed by atoms with Crippen LogP contribution in [0.3, 0.4) is 0 Å². The number of hydrogen-bond donors (Lipinski definition) is 2. The van der Waals surface area contributed by atoms with Gasteiger partial charge in [-0.1, -0.05) is 58.3 Å². The number of rotatable bonds is 17. The highest BCUT2D eigenvalue weighted by molar-refractivity contribution is 5.87. The van der Waals surface area contributed by atoms with Crippen molar-refractivity contribution in [3.8, 4) is 0 Å². The second-order valence-electron chi connectivity index (χ2n) is 6.52. The Hall–Kier alpha value is -1.39. The van der Waals surface area contributed by atoms with Crippen LogP contribution in [0.4, 0.5) is 0 Å².